The molecule has 4 aromatic rings. The molecule has 3 heterocycles. The van der Waals surface area contributed by atoms with Crippen molar-refractivity contribution in [1.29, 1.82) is 0 Å². The predicted molar refractivity (Wildman–Crippen MR) is 117 cm³/mol. The van der Waals surface area contributed by atoms with Crippen LogP contribution in [0.3, 0.4) is 0 Å². The fourth-order valence-electron chi connectivity index (χ4n) is 3.35. The first-order valence-corrected chi connectivity index (χ1v) is 11.2. The van der Waals surface area contributed by atoms with E-state index in [-0.39, 0.29) is 11.2 Å². The molecule has 0 aliphatic carbocycles. The Labute approximate surface area is 172 Å². The molecule has 0 spiro atoms. The summed E-state index contributed by atoms with van der Waals surface area (Å²) < 4.78 is 3.33. The van der Waals surface area contributed by atoms with Gasteiger partial charge in [-0.25, -0.2) is 0 Å². The Morgan fingerprint density at radius 2 is 2.04 bits per heavy atom. The van der Waals surface area contributed by atoms with E-state index in [1.54, 1.807) is 11.3 Å². The van der Waals surface area contributed by atoms with E-state index in [0.29, 0.717) is 6.42 Å². The van der Waals surface area contributed by atoms with Gasteiger partial charge in [0.15, 0.2) is 0 Å². The highest BCUT2D eigenvalue weighted by Crippen LogP contribution is 2.33. The van der Waals surface area contributed by atoms with Crippen LogP contribution in [0, 0.1) is 6.92 Å². The summed E-state index contributed by atoms with van der Waals surface area (Å²) in [6, 6.07) is 12.2. The number of aryl methyl sites for hydroxylation is 2. The maximum absolute atomic E-state index is 13.0. The predicted octanol–water partition coefficient (Wildman–Crippen LogP) is 5.32. The lowest BCUT2D eigenvalue weighted by atomic mass is 10.1. The third-order valence-corrected chi connectivity index (χ3v) is 7.02. The molecule has 1 unspecified atom stereocenters. The van der Waals surface area contributed by atoms with Crippen molar-refractivity contribution in [2.45, 2.75) is 43.9 Å². The SMILES string of the molecule is CCc1ccccc1NC(=O)C(CC)Sc1nnc(C)n2c1cc1sccc12. The van der Waals surface area contributed by atoms with Crippen molar-refractivity contribution in [2.75, 3.05) is 5.32 Å². The number of carbonyl (C=O) groups excluding carboxylic acids is 1. The Morgan fingerprint density at radius 3 is 2.82 bits per heavy atom. The highest BCUT2D eigenvalue weighted by Gasteiger charge is 2.22. The zero-order chi connectivity index (χ0) is 19.7. The van der Waals surface area contributed by atoms with E-state index in [1.807, 2.05) is 38.1 Å². The maximum Gasteiger partial charge on any atom is 0.237 e. The number of nitrogens with zero attached hydrogens (tertiary/aromatic N) is 3. The van der Waals surface area contributed by atoms with E-state index in [9.17, 15) is 4.79 Å². The van der Waals surface area contributed by atoms with E-state index >= 15 is 0 Å². The Balaban J connectivity index is 1.63. The summed E-state index contributed by atoms with van der Waals surface area (Å²) in [5.74, 6) is 0.851. The zero-order valence-corrected chi connectivity index (χ0v) is 17.7. The van der Waals surface area contributed by atoms with Crippen LogP contribution in [0.5, 0.6) is 0 Å². The molecule has 7 heteroatoms. The Hall–Kier alpha value is -2.38. The lowest BCUT2D eigenvalue weighted by molar-refractivity contribution is -0.115. The first-order chi connectivity index (χ1) is 13.6. The minimum atomic E-state index is -0.237. The third kappa shape index (κ3) is 3.40. The second kappa shape index (κ2) is 7.93. The fraction of sp³-hybridized carbons (Fsp3) is 0.286. The van der Waals surface area contributed by atoms with Crippen molar-refractivity contribution in [3.8, 4) is 0 Å². The van der Waals surface area contributed by atoms with E-state index in [4.69, 9.17) is 0 Å². The summed E-state index contributed by atoms with van der Waals surface area (Å²) in [4.78, 5) is 13.0. The van der Waals surface area contributed by atoms with E-state index < -0.39 is 0 Å². The van der Waals surface area contributed by atoms with Crippen LogP contribution in [0.25, 0.3) is 15.7 Å². The fourth-order valence-corrected chi connectivity index (χ4v) is 5.11. The minimum absolute atomic E-state index is 0.00212. The van der Waals surface area contributed by atoms with Gasteiger partial charge in [0.1, 0.15) is 10.9 Å². The summed E-state index contributed by atoms with van der Waals surface area (Å²) in [6.45, 7) is 6.07. The molecule has 0 fully saturated rings. The number of amides is 1. The molecule has 0 aliphatic rings. The average molecular weight is 411 g/mol. The van der Waals surface area contributed by atoms with Crippen molar-refractivity contribution in [2.24, 2.45) is 0 Å². The molecule has 1 aromatic carbocycles. The van der Waals surface area contributed by atoms with Crippen LogP contribution in [0.4, 0.5) is 5.69 Å². The van der Waals surface area contributed by atoms with Gasteiger partial charge in [0.2, 0.25) is 5.91 Å². The number of thioether (sulfide) groups is 1. The summed E-state index contributed by atoms with van der Waals surface area (Å²) >= 11 is 3.19. The van der Waals surface area contributed by atoms with E-state index in [1.165, 1.54) is 16.5 Å². The molecule has 0 bridgehead atoms. The topological polar surface area (TPSA) is 59.3 Å². The molecular formula is C21H22N4OS2. The highest BCUT2D eigenvalue weighted by molar-refractivity contribution is 8.00. The highest BCUT2D eigenvalue weighted by atomic mass is 32.2. The molecule has 1 amide bonds. The number of aromatic nitrogens is 3. The monoisotopic (exact) mass is 410 g/mol. The molecule has 0 saturated heterocycles. The number of anilines is 1. The van der Waals surface area contributed by atoms with Crippen LogP contribution in [0.15, 0.2) is 46.8 Å². The number of rotatable bonds is 6. The van der Waals surface area contributed by atoms with Gasteiger partial charge in [0.25, 0.3) is 0 Å². The maximum atomic E-state index is 13.0. The Morgan fingerprint density at radius 1 is 1.21 bits per heavy atom. The number of para-hydroxylation sites is 1. The number of thiophene rings is 1. The zero-order valence-electron chi connectivity index (χ0n) is 16.1. The molecular weight excluding hydrogens is 388 g/mol. The quantitative estimate of drug-likeness (QED) is 0.437. The molecule has 1 atom stereocenters. The van der Waals surface area contributed by atoms with Crippen LogP contribution in [-0.2, 0) is 11.2 Å². The number of hydrogen-bond acceptors (Lipinski definition) is 5. The van der Waals surface area contributed by atoms with Gasteiger partial charge in [-0.05, 0) is 48.9 Å². The van der Waals surface area contributed by atoms with Crippen molar-refractivity contribution < 1.29 is 4.79 Å². The molecule has 28 heavy (non-hydrogen) atoms. The Bertz CT molecular complexity index is 1150. The van der Waals surface area contributed by atoms with E-state index in [2.05, 4.69) is 44.4 Å². The van der Waals surface area contributed by atoms with Crippen LogP contribution in [-0.4, -0.2) is 25.8 Å². The smallest absolute Gasteiger partial charge is 0.237 e. The number of fused-ring (bicyclic) bond motifs is 3. The Kier molecular flexibility index (Phi) is 5.37. The molecule has 4 rings (SSSR count). The van der Waals surface area contributed by atoms with Crippen molar-refractivity contribution in [3.05, 3.63) is 53.2 Å². The second-order valence-corrected chi connectivity index (χ2v) is 8.74. The first-order valence-electron chi connectivity index (χ1n) is 9.39. The van der Waals surface area contributed by atoms with Crippen molar-refractivity contribution >= 4 is 50.4 Å². The van der Waals surface area contributed by atoms with Gasteiger partial charge < -0.3 is 5.32 Å². The molecule has 1 N–H and O–H groups in total. The number of hydrogen-bond donors (Lipinski definition) is 1. The van der Waals surface area contributed by atoms with Gasteiger partial charge in [0, 0.05) is 5.69 Å². The molecule has 5 nitrogen and oxygen atoms in total. The normalized spacial score (nSPS) is 12.5. The standard InChI is InChI=1S/C21H22N4OS2/c1-4-14-8-6-7-9-15(14)22-20(26)18(5-2)28-21-17-12-19-16(10-11-27-19)25(17)13(3)23-24-21/h6-12,18H,4-5H2,1-3H3,(H,22,26). The van der Waals surface area contributed by atoms with Crippen LogP contribution < -0.4 is 5.32 Å². The first kappa shape index (κ1) is 19.0. The summed E-state index contributed by atoms with van der Waals surface area (Å²) in [5, 5.41) is 14.5. The van der Waals surface area contributed by atoms with Crippen LogP contribution in [0.2, 0.25) is 0 Å². The largest absolute Gasteiger partial charge is 0.325 e. The van der Waals surface area contributed by atoms with Gasteiger partial charge in [-0.3, -0.25) is 9.20 Å². The average Bonchev–Trinajstić information content (AvgIpc) is 3.29. The number of nitrogens with one attached hydrogen (secondary N) is 1. The van der Waals surface area contributed by atoms with Gasteiger partial charge >= 0.3 is 0 Å². The van der Waals surface area contributed by atoms with E-state index in [0.717, 1.165) is 39.6 Å². The molecule has 144 valence electrons. The lowest BCUT2D eigenvalue weighted by Gasteiger charge is -2.16. The summed E-state index contributed by atoms with van der Waals surface area (Å²) in [5.41, 5.74) is 4.18. The molecule has 0 radical (unpaired) electrons. The summed E-state index contributed by atoms with van der Waals surface area (Å²) in [6.07, 6.45) is 1.59. The molecule has 0 saturated carbocycles. The van der Waals surface area contributed by atoms with Crippen LogP contribution in [0.1, 0.15) is 31.7 Å². The van der Waals surface area contributed by atoms with Crippen molar-refractivity contribution in [3.63, 3.8) is 0 Å². The lowest BCUT2D eigenvalue weighted by Crippen LogP contribution is -2.25. The third-order valence-electron chi connectivity index (χ3n) is 4.82. The summed E-state index contributed by atoms with van der Waals surface area (Å²) in [7, 11) is 0. The van der Waals surface area contributed by atoms with Gasteiger partial charge in [0.05, 0.1) is 21.0 Å². The van der Waals surface area contributed by atoms with Crippen LogP contribution >= 0.6 is 23.1 Å². The van der Waals surface area contributed by atoms with Gasteiger partial charge in [-0.2, -0.15) is 0 Å². The second-order valence-electron chi connectivity index (χ2n) is 6.60. The number of benzene rings is 1. The minimum Gasteiger partial charge on any atom is -0.325 e. The molecule has 0 aliphatic heterocycles. The van der Waals surface area contributed by atoms with Gasteiger partial charge in [-0.15, -0.1) is 21.5 Å². The van der Waals surface area contributed by atoms with Crippen molar-refractivity contribution in [1.82, 2.24) is 14.6 Å². The molecule has 3 aromatic heterocycles. The number of carbonyl (C=O) groups is 1. The van der Waals surface area contributed by atoms with Gasteiger partial charge in [-0.1, -0.05) is 43.8 Å².